The van der Waals surface area contributed by atoms with Gasteiger partial charge in [-0.05, 0) is 66.9 Å². The fourth-order valence-corrected chi connectivity index (χ4v) is 4.59. The van der Waals surface area contributed by atoms with Crippen molar-refractivity contribution in [1.82, 2.24) is 10.4 Å². The Morgan fingerprint density at radius 3 is 2.37 bits per heavy atom. The van der Waals surface area contributed by atoms with Gasteiger partial charge in [0.15, 0.2) is 0 Å². The highest BCUT2D eigenvalue weighted by Gasteiger charge is 2.16. The largest absolute Gasteiger partial charge is 0.322 e. The van der Waals surface area contributed by atoms with Crippen LogP contribution in [0.15, 0.2) is 102 Å². The Morgan fingerprint density at radius 2 is 1.61 bits per heavy atom. The number of hydrogen-bond acceptors (Lipinski definition) is 4. The van der Waals surface area contributed by atoms with Crippen molar-refractivity contribution < 1.29 is 14.0 Å². The molecule has 2 amide bonds. The zero-order valence-electron chi connectivity index (χ0n) is 22.4. The second-order valence-corrected chi connectivity index (χ2v) is 9.83. The molecule has 6 nitrogen and oxygen atoms in total. The minimum absolute atomic E-state index is 0.207. The van der Waals surface area contributed by atoms with Crippen molar-refractivity contribution in [3.8, 4) is 11.3 Å². The third-order valence-electron chi connectivity index (χ3n) is 6.64. The van der Waals surface area contributed by atoms with Crippen LogP contribution >= 0.6 is 11.6 Å². The van der Waals surface area contributed by atoms with E-state index in [1.807, 2.05) is 30.3 Å². The molecule has 41 heavy (non-hydrogen) atoms. The first kappa shape index (κ1) is 27.7. The van der Waals surface area contributed by atoms with Gasteiger partial charge < -0.3 is 5.32 Å². The lowest BCUT2D eigenvalue weighted by atomic mass is 10.0. The van der Waals surface area contributed by atoms with Crippen LogP contribution in [0.4, 0.5) is 10.1 Å². The van der Waals surface area contributed by atoms with Crippen LogP contribution in [0.1, 0.15) is 45.7 Å². The maximum absolute atomic E-state index is 13.5. The van der Waals surface area contributed by atoms with Gasteiger partial charge in [0.05, 0.1) is 27.5 Å². The number of para-hydroxylation sites is 1. The molecule has 1 heterocycles. The highest BCUT2D eigenvalue weighted by Crippen LogP contribution is 2.29. The molecule has 0 saturated heterocycles. The van der Waals surface area contributed by atoms with E-state index in [-0.39, 0.29) is 5.56 Å². The van der Waals surface area contributed by atoms with Crippen LogP contribution in [-0.4, -0.2) is 22.5 Å². The molecule has 0 radical (unpaired) electrons. The molecule has 0 spiro atoms. The first-order valence-electron chi connectivity index (χ1n) is 13.0. The van der Waals surface area contributed by atoms with Crippen LogP contribution in [-0.2, 0) is 6.42 Å². The summed E-state index contributed by atoms with van der Waals surface area (Å²) in [6.45, 7) is 3.84. The third-order valence-corrected chi connectivity index (χ3v) is 6.95. The third kappa shape index (κ3) is 6.31. The average molecular weight is 565 g/mol. The van der Waals surface area contributed by atoms with Crippen molar-refractivity contribution in [3.05, 3.63) is 130 Å². The zero-order valence-corrected chi connectivity index (χ0v) is 23.2. The number of carbonyl (C=O) groups excluding carboxylic acids is 2. The number of rotatable bonds is 7. The lowest BCUT2D eigenvalue weighted by Gasteiger charge is -2.11. The molecule has 0 aliphatic rings. The summed E-state index contributed by atoms with van der Waals surface area (Å²) in [5.74, 6) is -1.34. The standard InChI is InChI=1S/C33H26ClFN4O2/c1-3-21-13-15-22(16-14-21)30-19-28(27-11-6-12-29(34)31(27)37-30)33(41)39-38-20(2)23-7-5-10-26(18-23)36-32(40)24-8-4-9-25(35)17-24/h4-19H,3H2,1-2H3,(H,36,40)(H,39,41)/b38-20-. The molecule has 0 fully saturated rings. The summed E-state index contributed by atoms with van der Waals surface area (Å²) in [7, 11) is 0. The summed E-state index contributed by atoms with van der Waals surface area (Å²) in [6, 6.07) is 27.6. The normalized spacial score (nSPS) is 11.4. The Bertz CT molecular complexity index is 1800. The number of halogens is 2. The number of amides is 2. The number of hydrazone groups is 1. The second kappa shape index (κ2) is 12.1. The lowest BCUT2D eigenvalue weighted by molar-refractivity contribution is 0.0955. The SMILES string of the molecule is CCc1ccc(-c2cc(C(=O)N/N=C(/C)c3cccc(NC(=O)c4cccc(F)c4)c3)c3cccc(Cl)c3n2)cc1. The Hall–Kier alpha value is -4.88. The second-order valence-electron chi connectivity index (χ2n) is 9.42. The predicted octanol–water partition coefficient (Wildman–Crippen LogP) is 7.66. The number of aryl methyl sites for hydroxylation is 1. The average Bonchev–Trinajstić information content (AvgIpc) is 2.99. The van der Waals surface area contributed by atoms with Gasteiger partial charge in [0, 0.05) is 22.2 Å². The molecule has 204 valence electrons. The van der Waals surface area contributed by atoms with Crippen molar-refractivity contribution in [2.75, 3.05) is 5.32 Å². The summed E-state index contributed by atoms with van der Waals surface area (Å²) in [5.41, 5.74) is 8.18. The highest BCUT2D eigenvalue weighted by molar-refractivity contribution is 6.35. The molecule has 0 unspecified atom stereocenters. The number of anilines is 1. The number of fused-ring (bicyclic) bond motifs is 1. The van der Waals surface area contributed by atoms with E-state index in [1.165, 1.54) is 29.8 Å². The van der Waals surface area contributed by atoms with Crippen LogP contribution in [0.2, 0.25) is 5.02 Å². The Morgan fingerprint density at radius 1 is 0.878 bits per heavy atom. The molecule has 2 N–H and O–H groups in total. The van der Waals surface area contributed by atoms with Crippen LogP contribution in [0.5, 0.6) is 0 Å². The number of nitrogens with one attached hydrogen (secondary N) is 2. The van der Waals surface area contributed by atoms with Crippen molar-refractivity contribution in [2.45, 2.75) is 20.3 Å². The minimum atomic E-state index is -0.490. The Balaban J connectivity index is 1.39. The van der Waals surface area contributed by atoms with Crippen LogP contribution in [0.3, 0.4) is 0 Å². The number of carbonyl (C=O) groups is 2. The number of aromatic nitrogens is 1. The first-order chi connectivity index (χ1) is 19.8. The van der Waals surface area contributed by atoms with Crippen LogP contribution in [0.25, 0.3) is 22.2 Å². The smallest absolute Gasteiger partial charge is 0.272 e. The zero-order chi connectivity index (χ0) is 28.9. The van der Waals surface area contributed by atoms with Gasteiger partial charge in [-0.15, -0.1) is 0 Å². The minimum Gasteiger partial charge on any atom is -0.322 e. The van der Waals surface area contributed by atoms with Gasteiger partial charge in [-0.2, -0.15) is 5.10 Å². The molecule has 0 atom stereocenters. The van der Waals surface area contributed by atoms with E-state index >= 15 is 0 Å². The van der Waals surface area contributed by atoms with Crippen molar-refractivity contribution in [3.63, 3.8) is 0 Å². The van der Waals surface area contributed by atoms with Gasteiger partial charge in [-0.1, -0.05) is 73.1 Å². The fourth-order valence-electron chi connectivity index (χ4n) is 4.37. The van der Waals surface area contributed by atoms with E-state index in [2.05, 4.69) is 22.8 Å². The van der Waals surface area contributed by atoms with E-state index in [0.717, 1.165) is 12.0 Å². The number of pyridine rings is 1. The van der Waals surface area contributed by atoms with Crippen LogP contribution < -0.4 is 10.7 Å². The Labute approximate surface area is 241 Å². The van der Waals surface area contributed by atoms with Gasteiger partial charge >= 0.3 is 0 Å². The molecular formula is C33H26ClFN4O2. The predicted molar refractivity (Wildman–Crippen MR) is 162 cm³/mol. The van der Waals surface area contributed by atoms with Gasteiger partial charge in [-0.3, -0.25) is 9.59 Å². The molecule has 5 rings (SSSR count). The summed E-state index contributed by atoms with van der Waals surface area (Å²) in [5, 5.41) is 8.13. The van der Waals surface area contributed by atoms with Crippen molar-refractivity contribution >= 4 is 45.7 Å². The summed E-state index contributed by atoms with van der Waals surface area (Å²) in [4.78, 5) is 30.7. The first-order valence-corrected chi connectivity index (χ1v) is 13.4. The van der Waals surface area contributed by atoms with Crippen LogP contribution in [0, 0.1) is 5.82 Å². The Kier molecular flexibility index (Phi) is 8.17. The van der Waals surface area contributed by atoms with Gasteiger partial charge in [0.1, 0.15) is 5.82 Å². The van der Waals surface area contributed by atoms with Gasteiger partial charge in [0.25, 0.3) is 11.8 Å². The molecule has 4 aromatic carbocycles. The molecule has 0 bridgehead atoms. The summed E-state index contributed by atoms with van der Waals surface area (Å²) in [6.07, 6.45) is 0.921. The molecule has 5 aromatic rings. The van der Waals surface area contributed by atoms with E-state index in [0.29, 0.717) is 44.1 Å². The summed E-state index contributed by atoms with van der Waals surface area (Å²) < 4.78 is 13.5. The van der Waals surface area contributed by atoms with Crippen molar-refractivity contribution in [2.24, 2.45) is 5.10 Å². The van der Waals surface area contributed by atoms with E-state index < -0.39 is 17.6 Å². The highest BCUT2D eigenvalue weighted by atomic mass is 35.5. The van der Waals surface area contributed by atoms with E-state index in [1.54, 1.807) is 49.4 Å². The maximum Gasteiger partial charge on any atom is 0.272 e. The number of nitrogens with zero attached hydrogens (tertiary/aromatic N) is 2. The molecule has 0 saturated carbocycles. The van der Waals surface area contributed by atoms with Gasteiger partial charge in [0.2, 0.25) is 0 Å². The fraction of sp³-hybridized carbons (Fsp3) is 0.0909. The molecule has 0 aliphatic carbocycles. The monoisotopic (exact) mass is 564 g/mol. The number of benzene rings is 4. The topological polar surface area (TPSA) is 83.5 Å². The molecule has 1 aromatic heterocycles. The quantitative estimate of drug-likeness (QED) is 0.157. The summed E-state index contributed by atoms with van der Waals surface area (Å²) >= 11 is 6.48. The van der Waals surface area contributed by atoms with Gasteiger partial charge in [-0.25, -0.2) is 14.8 Å². The maximum atomic E-state index is 13.5. The molecule has 8 heteroatoms. The van der Waals surface area contributed by atoms with E-state index in [4.69, 9.17) is 16.6 Å². The lowest BCUT2D eigenvalue weighted by Crippen LogP contribution is -2.20. The number of hydrogen-bond donors (Lipinski definition) is 2. The van der Waals surface area contributed by atoms with E-state index in [9.17, 15) is 14.0 Å². The molecular weight excluding hydrogens is 539 g/mol. The van der Waals surface area contributed by atoms with Crippen molar-refractivity contribution in [1.29, 1.82) is 0 Å². The molecule has 0 aliphatic heterocycles.